The third-order valence-electron chi connectivity index (χ3n) is 4.44. The van der Waals surface area contributed by atoms with Crippen LogP contribution in [0.3, 0.4) is 0 Å². The Bertz CT molecular complexity index is 878. The lowest BCUT2D eigenvalue weighted by atomic mass is 10.1. The summed E-state index contributed by atoms with van der Waals surface area (Å²) in [5, 5.41) is 8.62. The van der Waals surface area contributed by atoms with Crippen molar-refractivity contribution >= 4 is 17.5 Å². The number of carbonyl (C=O) groups excluding carboxylic acids is 1. The number of hydrogen-bond donors (Lipinski definition) is 0. The summed E-state index contributed by atoms with van der Waals surface area (Å²) in [5.74, 6) is 0.934. The number of rotatable bonds is 7. The summed E-state index contributed by atoms with van der Waals surface area (Å²) in [5.41, 5.74) is 2.54. The number of benzene rings is 2. The van der Waals surface area contributed by atoms with E-state index in [1.54, 1.807) is 24.3 Å². The molecule has 0 atom stereocenters. The molecule has 0 aliphatic carbocycles. The van der Waals surface area contributed by atoms with Crippen molar-refractivity contribution in [2.75, 3.05) is 44.9 Å². The number of morpholine rings is 1. The molecular weight excluding hydrogens is 356 g/mol. The fraction of sp³-hybridized carbons (Fsp3) is 0.273. The molecule has 1 fully saturated rings. The van der Waals surface area contributed by atoms with Gasteiger partial charge >= 0.3 is 0 Å². The molecule has 0 aromatic heterocycles. The Morgan fingerprint density at radius 2 is 1.93 bits per heavy atom. The number of hydrogen-bond acceptors (Lipinski definition) is 6. The maximum atomic E-state index is 12.5. The molecule has 144 valence electrons. The van der Waals surface area contributed by atoms with E-state index in [0.717, 1.165) is 37.6 Å². The first-order valence-corrected chi connectivity index (χ1v) is 9.04. The standard InChI is InChI=1S/C22H22N2O4/c1-26-22-16-17(3-9-21(22)28-13-10-23)2-8-20(25)18-4-6-19(7-5-18)24-11-14-27-15-12-24/h2-9,16H,11-15H2,1H3. The van der Waals surface area contributed by atoms with E-state index in [4.69, 9.17) is 19.5 Å². The first-order valence-electron chi connectivity index (χ1n) is 9.04. The third-order valence-corrected chi connectivity index (χ3v) is 4.44. The highest BCUT2D eigenvalue weighted by Gasteiger charge is 2.11. The summed E-state index contributed by atoms with van der Waals surface area (Å²) in [6.45, 7) is 3.14. The third kappa shape index (κ3) is 4.90. The van der Waals surface area contributed by atoms with Gasteiger partial charge in [0.25, 0.3) is 0 Å². The molecular formula is C22H22N2O4. The van der Waals surface area contributed by atoms with Crippen LogP contribution < -0.4 is 14.4 Å². The molecule has 3 rings (SSSR count). The average Bonchev–Trinajstić information content (AvgIpc) is 2.77. The van der Waals surface area contributed by atoms with Gasteiger partial charge in [0.2, 0.25) is 0 Å². The van der Waals surface area contributed by atoms with Gasteiger partial charge in [-0.2, -0.15) is 5.26 Å². The molecule has 0 radical (unpaired) electrons. The summed E-state index contributed by atoms with van der Waals surface area (Å²) in [6, 6.07) is 14.8. The van der Waals surface area contributed by atoms with Crippen LogP contribution in [0.1, 0.15) is 15.9 Å². The van der Waals surface area contributed by atoms with Crippen LogP contribution in [0.4, 0.5) is 5.69 Å². The number of ether oxygens (including phenoxy) is 3. The van der Waals surface area contributed by atoms with E-state index in [0.29, 0.717) is 17.1 Å². The van der Waals surface area contributed by atoms with E-state index >= 15 is 0 Å². The fourth-order valence-corrected chi connectivity index (χ4v) is 2.94. The van der Waals surface area contributed by atoms with Gasteiger partial charge in [0.1, 0.15) is 6.07 Å². The van der Waals surface area contributed by atoms with Crippen LogP contribution >= 0.6 is 0 Å². The first kappa shape index (κ1) is 19.5. The second-order valence-electron chi connectivity index (χ2n) is 6.20. The van der Waals surface area contributed by atoms with Crippen LogP contribution in [0.2, 0.25) is 0 Å². The molecule has 0 N–H and O–H groups in total. The van der Waals surface area contributed by atoms with Gasteiger partial charge in [-0.3, -0.25) is 4.79 Å². The molecule has 6 heteroatoms. The van der Waals surface area contributed by atoms with Crippen molar-refractivity contribution in [2.24, 2.45) is 0 Å². The molecule has 1 saturated heterocycles. The SMILES string of the molecule is COc1cc(C=CC(=O)c2ccc(N3CCOCC3)cc2)ccc1OCC#N. The molecule has 28 heavy (non-hydrogen) atoms. The zero-order chi connectivity index (χ0) is 19.8. The average molecular weight is 378 g/mol. The first-order chi connectivity index (χ1) is 13.7. The largest absolute Gasteiger partial charge is 0.493 e. The minimum atomic E-state index is -0.0719. The maximum Gasteiger partial charge on any atom is 0.185 e. The van der Waals surface area contributed by atoms with Crippen LogP contribution in [-0.2, 0) is 4.74 Å². The van der Waals surface area contributed by atoms with Gasteiger partial charge in [-0.15, -0.1) is 0 Å². The van der Waals surface area contributed by atoms with E-state index in [1.807, 2.05) is 30.3 Å². The highest BCUT2D eigenvalue weighted by molar-refractivity contribution is 6.07. The number of nitrogens with zero attached hydrogens (tertiary/aromatic N) is 2. The summed E-state index contributed by atoms with van der Waals surface area (Å²) >= 11 is 0. The van der Waals surface area contributed by atoms with Gasteiger partial charge in [0, 0.05) is 24.3 Å². The molecule has 0 spiro atoms. The topological polar surface area (TPSA) is 71.8 Å². The van der Waals surface area contributed by atoms with Crippen molar-refractivity contribution < 1.29 is 19.0 Å². The maximum absolute atomic E-state index is 12.5. The molecule has 0 amide bonds. The van der Waals surface area contributed by atoms with E-state index in [-0.39, 0.29) is 12.4 Å². The lowest BCUT2D eigenvalue weighted by Gasteiger charge is -2.28. The Morgan fingerprint density at radius 3 is 2.61 bits per heavy atom. The molecule has 1 heterocycles. The van der Waals surface area contributed by atoms with Crippen molar-refractivity contribution in [1.82, 2.24) is 0 Å². The van der Waals surface area contributed by atoms with Crippen molar-refractivity contribution in [2.45, 2.75) is 0 Å². The van der Waals surface area contributed by atoms with Crippen LogP contribution in [0.5, 0.6) is 11.5 Å². The lowest BCUT2D eigenvalue weighted by Crippen LogP contribution is -2.36. The van der Waals surface area contributed by atoms with Crippen molar-refractivity contribution in [3.8, 4) is 17.6 Å². The fourth-order valence-electron chi connectivity index (χ4n) is 2.94. The lowest BCUT2D eigenvalue weighted by molar-refractivity contribution is 0.104. The molecule has 1 aliphatic heterocycles. The van der Waals surface area contributed by atoms with Crippen molar-refractivity contribution in [3.05, 3.63) is 59.7 Å². The normalized spacial score (nSPS) is 13.9. The van der Waals surface area contributed by atoms with E-state index in [9.17, 15) is 4.79 Å². The molecule has 2 aromatic rings. The summed E-state index contributed by atoms with van der Waals surface area (Å²) in [4.78, 5) is 14.7. The predicted octanol–water partition coefficient (Wildman–Crippen LogP) is 3.33. The Morgan fingerprint density at radius 1 is 1.18 bits per heavy atom. The Balaban J connectivity index is 1.66. The smallest absolute Gasteiger partial charge is 0.185 e. The summed E-state index contributed by atoms with van der Waals surface area (Å²) < 4.78 is 15.9. The molecule has 0 bridgehead atoms. The molecule has 2 aromatic carbocycles. The number of nitriles is 1. The number of carbonyl (C=O) groups is 1. The minimum Gasteiger partial charge on any atom is -0.493 e. The Hall–Kier alpha value is -3.30. The number of ketones is 1. The van der Waals surface area contributed by atoms with Gasteiger partial charge in [-0.1, -0.05) is 12.1 Å². The predicted molar refractivity (Wildman–Crippen MR) is 107 cm³/mol. The van der Waals surface area contributed by atoms with Crippen molar-refractivity contribution in [3.63, 3.8) is 0 Å². The minimum absolute atomic E-state index is 0.0511. The van der Waals surface area contributed by atoms with Gasteiger partial charge in [0.05, 0.1) is 20.3 Å². The summed E-state index contributed by atoms with van der Waals surface area (Å²) in [6.07, 6.45) is 3.27. The second kappa shape index (κ2) is 9.58. The summed E-state index contributed by atoms with van der Waals surface area (Å²) in [7, 11) is 1.53. The number of methoxy groups -OCH3 is 1. The van der Waals surface area contributed by atoms with E-state index < -0.39 is 0 Å². The van der Waals surface area contributed by atoms with E-state index in [2.05, 4.69) is 4.90 Å². The van der Waals surface area contributed by atoms with Crippen LogP contribution in [0, 0.1) is 11.3 Å². The Labute approximate surface area is 164 Å². The van der Waals surface area contributed by atoms with Gasteiger partial charge in [-0.25, -0.2) is 0 Å². The Kier molecular flexibility index (Phi) is 6.66. The highest BCUT2D eigenvalue weighted by atomic mass is 16.5. The van der Waals surface area contributed by atoms with E-state index in [1.165, 1.54) is 13.2 Å². The molecule has 0 unspecified atom stereocenters. The van der Waals surface area contributed by atoms with Crippen LogP contribution in [0.25, 0.3) is 6.08 Å². The number of allylic oxidation sites excluding steroid dienone is 1. The second-order valence-corrected chi connectivity index (χ2v) is 6.20. The van der Waals surface area contributed by atoms with Crippen LogP contribution in [0.15, 0.2) is 48.5 Å². The highest BCUT2D eigenvalue weighted by Crippen LogP contribution is 2.28. The van der Waals surface area contributed by atoms with Gasteiger partial charge in [0.15, 0.2) is 23.9 Å². The van der Waals surface area contributed by atoms with Crippen molar-refractivity contribution in [1.29, 1.82) is 5.26 Å². The molecule has 1 aliphatic rings. The zero-order valence-corrected chi connectivity index (χ0v) is 15.8. The quantitative estimate of drug-likeness (QED) is 0.544. The van der Waals surface area contributed by atoms with Crippen LogP contribution in [-0.4, -0.2) is 45.8 Å². The molecule has 0 saturated carbocycles. The molecule has 6 nitrogen and oxygen atoms in total. The van der Waals surface area contributed by atoms with Gasteiger partial charge < -0.3 is 19.1 Å². The van der Waals surface area contributed by atoms with Gasteiger partial charge in [-0.05, 0) is 48.0 Å². The number of anilines is 1. The zero-order valence-electron chi connectivity index (χ0n) is 15.8. The monoisotopic (exact) mass is 378 g/mol.